The summed E-state index contributed by atoms with van der Waals surface area (Å²) in [5, 5.41) is 10.2. The number of hydrogen-bond donors (Lipinski definition) is 1. The van der Waals surface area contributed by atoms with Gasteiger partial charge in [-0.3, -0.25) is 4.90 Å². The van der Waals surface area contributed by atoms with Crippen molar-refractivity contribution in [2.75, 3.05) is 7.05 Å². The summed E-state index contributed by atoms with van der Waals surface area (Å²) in [7, 11) is 1.92. The second-order valence-corrected chi connectivity index (χ2v) is 7.40. The quantitative estimate of drug-likeness (QED) is 0.819. The normalized spacial score (nSPS) is 29.3. The van der Waals surface area contributed by atoms with Crippen LogP contribution in [0.5, 0.6) is 0 Å². The van der Waals surface area contributed by atoms with Gasteiger partial charge in [0.25, 0.3) is 0 Å². The van der Waals surface area contributed by atoms with Gasteiger partial charge in [0.1, 0.15) is 0 Å². The molecule has 0 saturated carbocycles. The average Bonchev–Trinajstić information content (AvgIpc) is 2.86. The zero-order valence-electron chi connectivity index (χ0n) is 15.6. The molecule has 0 aromatic heterocycles. The molecule has 4 rings (SSSR count). The Morgan fingerprint density at radius 1 is 0.821 bits per heavy atom. The molecule has 146 valence electrons. The Morgan fingerprint density at radius 3 is 1.61 bits per heavy atom. The first kappa shape index (κ1) is 18.7. The Bertz CT molecular complexity index is 771. The topological polar surface area (TPSA) is 76.1 Å². The fourth-order valence-corrected chi connectivity index (χ4v) is 4.22. The van der Waals surface area contributed by atoms with Gasteiger partial charge >= 0.3 is 11.9 Å². The van der Waals surface area contributed by atoms with Crippen molar-refractivity contribution >= 4 is 11.9 Å². The van der Waals surface area contributed by atoms with Crippen molar-refractivity contribution in [1.29, 1.82) is 0 Å². The molecule has 2 bridgehead atoms. The number of likely N-dealkylation sites (N-methyl/N-ethyl adjacent to an activating group) is 1. The van der Waals surface area contributed by atoms with E-state index in [1.807, 2.05) is 19.2 Å². The zero-order valence-corrected chi connectivity index (χ0v) is 15.6. The van der Waals surface area contributed by atoms with Crippen LogP contribution >= 0.6 is 0 Å². The van der Waals surface area contributed by atoms with E-state index in [4.69, 9.17) is 9.47 Å². The molecule has 2 aromatic carbocycles. The van der Waals surface area contributed by atoms with Gasteiger partial charge in [-0.05, 0) is 44.2 Å². The first-order valence-corrected chi connectivity index (χ1v) is 9.46. The van der Waals surface area contributed by atoms with Crippen LogP contribution in [-0.2, 0) is 9.47 Å². The molecule has 6 nitrogen and oxygen atoms in total. The number of piperidine rings is 1. The SMILES string of the molecule is CN1C2CC(O)CC1[C@H](OC(=O)c1ccccc1)[C@@H]2OC(=O)c1ccccc1. The number of rotatable bonds is 4. The number of benzene rings is 2. The number of ether oxygens (including phenoxy) is 2. The summed E-state index contributed by atoms with van der Waals surface area (Å²) in [6, 6.07) is 17.1. The molecule has 2 aromatic rings. The maximum Gasteiger partial charge on any atom is 0.338 e. The van der Waals surface area contributed by atoms with Crippen molar-refractivity contribution in [3.63, 3.8) is 0 Å². The highest BCUT2D eigenvalue weighted by Crippen LogP contribution is 2.39. The van der Waals surface area contributed by atoms with E-state index in [9.17, 15) is 14.7 Å². The zero-order chi connectivity index (χ0) is 19.7. The van der Waals surface area contributed by atoms with Crippen LogP contribution in [-0.4, -0.2) is 59.4 Å². The minimum absolute atomic E-state index is 0.199. The van der Waals surface area contributed by atoms with E-state index >= 15 is 0 Å². The number of hydrogen-bond acceptors (Lipinski definition) is 6. The predicted molar refractivity (Wildman–Crippen MR) is 102 cm³/mol. The summed E-state index contributed by atoms with van der Waals surface area (Å²) in [5.74, 6) is -0.913. The first-order valence-electron chi connectivity index (χ1n) is 9.46. The van der Waals surface area contributed by atoms with Crippen molar-refractivity contribution in [3.05, 3.63) is 71.8 Å². The summed E-state index contributed by atoms with van der Waals surface area (Å²) in [4.78, 5) is 27.3. The van der Waals surface area contributed by atoms with Crippen LogP contribution in [0.1, 0.15) is 33.6 Å². The minimum Gasteiger partial charge on any atom is -0.453 e. The third kappa shape index (κ3) is 3.53. The lowest BCUT2D eigenvalue weighted by atomic mass is 10.0. The number of carbonyl (C=O) groups is 2. The summed E-state index contributed by atoms with van der Waals surface area (Å²) < 4.78 is 11.6. The van der Waals surface area contributed by atoms with Gasteiger partial charge in [0.15, 0.2) is 12.2 Å². The molecule has 0 spiro atoms. The number of aliphatic hydroxyl groups excluding tert-OH is 1. The Balaban J connectivity index is 1.58. The lowest BCUT2D eigenvalue weighted by molar-refractivity contribution is -0.0291. The number of carbonyl (C=O) groups excluding carboxylic acids is 2. The van der Waals surface area contributed by atoms with Gasteiger partial charge in [0.05, 0.1) is 29.3 Å². The van der Waals surface area contributed by atoms with Crippen LogP contribution in [0, 0.1) is 0 Å². The van der Waals surface area contributed by atoms with Gasteiger partial charge in [-0.15, -0.1) is 0 Å². The number of esters is 2. The molecule has 0 amide bonds. The molecule has 1 N–H and O–H groups in total. The van der Waals surface area contributed by atoms with Crippen molar-refractivity contribution in [2.45, 2.75) is 43.2 Å². The van der Waals surface area contributed by atoms with Crippen LogP contribution < -0.4 is 0 Å². The molecule has 2 saturated heterocycles. The molecule has 2 aliphatic rings. The summed E-state index contributed by atoms with van der Waals surface area (Å²) in [5.41, 5.74) is 0.889. The standard InChI is InChI=1S/C22H23NO5/c1-23-17-12-16(24)13-18(23)20(28-22(26)15-10-6-3-7-11-15)19(17)27-21(25)14-8-4-2-5-9-14/h2-11,16-20,24H,12-13H2,1H3/t16?,17?,18?,19-,20+. The van der Waals surface area contributed by atoms with Crippen molar-refractivity contribution in [2.24, 2.45) is 0 Å². The van der Waals surface area contributed by atoms with Gasteiger partial charge in [0.2, 0.25) is 0 Å². The smallest absolute Gasteiger partial charge is 0.338 e. The van der Waals surface area contributed by atoms with Crippen molar-refractivity contribution in [3.8, 4) is 0 Å². The molecule has 28 heavy (non-hydrogen) atoms. The van der Waals surface area contributed by atoms with Gasteiger partial charge in [-0.1, -0.05) is 36.4 Å². The van der Waals surface area contributed by atoms with E-state index < -0.39 is 30.3 Å². The number of aliphatic hydroxyl groups is 1. The van der Waals surface area contributed by atoms with Crippen LogP contribution in [0.3, 0.4) is 0 Å². The van der Waals surface area contributed by atoms with Gasteiger partial charge in [0, 0.05) is 0 Å². The molecule has 6 heteroatoms. The van der Waals surface area contributed by atoms with Crippen molar-refractivity contribution in [1.82, 2.24) is 4.90 Å². The number of nitrogens with zero attached hydrogens (tertiary/aromatic N) is 1. The fourth-order valence-electron chi connectivity index (χ4n) is 4.22. The highest BCUT2D eigenvalue weighted by molar-refractivity contribution is 5.90. The maximum absolute atomic E-state index is 12.6. The molecule has 2 aliphatic heterocycles. The summed E-state index contributed by atoms with van der Waals surface area (Å²) >= 11 is 0. The van der Waals surface area contributed by atoms with E-state index in [1.54, 1.807) is 48.5 Å². The average molecular weight is 381 g/mol. The van der Waals surface area contributed by atoms with Gasteiger partial charge < -0.3 is 14.6 Å². The monoisotopic (exact) mass is 381 g/mol. The first-order chi connectivity index (χ1) is 13.5. The lowest BCUT2D eigenvalue weighted by Crippen LogP contribution is -2.45. The van der Waals surface area contributed by atoms with Crippen LogP contribution in [0.15, 0.2) is 60.7 Å². The Kier molecular flexibility index (Phi) is 5.15. The Hall–Kier alpha value is -2.70. The van der Waals surface area contributed by atoms with E-state index in [1.165, 1.54) is 0 Å². The third-order valence-corrected chi connectivity index (χ3v) is 5.66. The summed E-state index contributed by atoms with van der Waals surface area (Å²) in [6.45, 7) is 0. The Morgan fingerprint density at radius 2 is 1.21 bits per heavy atom. The van der Waals surface area contributed by atoms with Crippen LogP contribution in [0.25, 0.3) is 0 Å². The third-order valence-electron chi connectivity index (χ3n) is 5.66. The van der Waals surface area contributed by atoms with Crippen LogP contribution in [0.4, 0.5) is 0 Å². The maximum atomic E-state index is 12.6. The van der Waals surface area contributed by atoms with Gasteiger partial charge in [-0.2, -0.15) is 0 Å². The molecular weight excluding hydrogens is 358 g/mol. The molecular formula is C22H23NO5. The molecule has 2 heterocycles. The highest BCUT2D eigenvalue weighted by atomic mass is 16.6. The lowest BCUT2D eigenvalue weighted by Gasteiger charge is -2.34. The second-order valence-electron chi connectivity index (χ2n) is 7.40. The molecule has 2 fully saturated rings. The van der Waals surface area contributed by atoms with E-state index in [2.05, 4.69) is 4.90 Å². The second kappa shape index (κ2) is 7.73. The molecule has 0 radical (unpaired) electrons. The van der Waals surface area contributed by atoms with Crippen LogP contribution in [0.2, 0.25) is 0 Å². The van der Waals surface area contributed by atoms with Crippen molar-refractivity contribution < 1.29 is 24.2 Å². The minimum atomic E-state index is -0.632. The van der Waals surface area contributed by atoms with Gasteiger partial charge in [-0.25, -0.2) is 9.59 Å². The van der Waals surface area contributed by atoms with E-state index in [0.29, 0.717) is 24.0 Å². The predicted octanol–water partition coefficient (Wildman–Crippen LogP) is 2.27. The molecule has 5 atom stereocenters. The molecule has 0 aliphatic carbocycles. The largest absolute Gasteiger partial charge is 0.453 e. The highest BCUT2D eigenvalue weighted by Gasteiger charge is 2.55. The molecule has 3 unspecified atom stereocenters. The van der Waals surface area contributed by atoms with E-state index in [0.717, 1.165) is 0 Å². The van der Waals surface area contributed by atoms with E-state index in [-0.39, 0.29) is 12.1 Å². The Labute approximate surface area is 163 Å². The summed E-state index contributed by atoms with van der Waals surface area (Å²) in [6.07, 6.45) is -0.831. The number of fused-ring (bicyclic) bond motifs is 2. The fraction of sp³-hybridized carbons (Fsp3) is 0.364.